The number of nitrogens with one attached hydrogen (secondary N) is 1. The molecule has 1 heterocycles. The van der Waals surface area contributed by atoms with E-state index in [-0.39, 0.29) is 11.9 Å². The van der Waals surface area contributed by atoms with E-state index in [9.17, 15) is 4.79 Å². The number of rotatable bonds is 6. The number of carbonyl (C=O) groups excluding carboxylic acids is 1. The molecule has 0 spiro atoms. The summed E-state index contributed by atoms with van der Waals surface area (Å²) in [5.41, 5.74) is 13.3. The topological polar surface area (TPSA) is 107 Å². The molecule has 0 saturated heterocycles. The maximum atomic E-state index is 11.5. The normalized spacial score (nSPS) is 15.4. The van der Waals surface area contributed by atoms with Crippen molar-refractivity contribution in [1.29, 1.82) is 0 Å². The first-order valence-electron chi connectivity index (χ1n) is 7.33. The van der Waals surface area contributed by atoms with E-state index < -0.39 is 6.04 Å². The molecule has 5 N–H and O–H groups in total. The van der Waals surface area contributed by atoms with Gasteiger partial charge in [0.15, 0.2) is 0 Å². The van der Waals surface area contributed by atoms with Crippen molar-refractivity contribution in [3.63, 3.8) is 0 Å². The molecular formula is C14H23N5O. The number of nitrogens with zero attached hydrogens (tertiary/aromatic N) is 2. The third kappa shape index (κ3) is 3.37. The highest BCUT2D eigenvalue weighted by molar-refractivity contribution is 5.83. The van der Waals surface area contributed by atoms with Gasteiger partial charge in [-0.2, -0.15) is 4.98 Å². The summed E-state index contributed by atoms with van der Waals surface area (Å²) in [5.74, 6) is 0.596. The molecule has 6 nitrogen and oxygen atoms in total. The zero-order valence-electron chi connectivity index (χ0n) is 12.0. The van der Waals surface area contributed by atoms with Crippen LogP contribution in [-0.2, 0) is 17.6 Å². The van der Waals surface area contributed by atoms with Crippen molar-refractivity contribution in [3.05, 3.63) is 11.3 Å². The van der Waals surface area contributed by atoms with Gasteiger partial charge in [0.2, 0.25) is 11.9 Å². The quantitative estimate of drug-likeness (QED) is 0.728. The Morgan fingerprint density at radius 3 is 2.80 bits per heavy atom. The Kier molecular flexibility index (Phi) is 4.76. The van der Waals surface area contributed by atoms with Crippen molar-refractivity contribution >= 4 is 17.7 Å². The number of hydrogen-bond donors (Lipinski definition) is 3. The second kappa shape index (κ2) is 6.54. The van der Waals surface area contributed by atoms with Crippen LogP contribution < -0.4 is 16.8 Å². The van der Waals surface area contributed by atoms with Crippen LogP contribution in [0, 0.1) is 0 Å². The molecule has 0 aromatic carbocycles. The Labute approximate surface area is 119 Å². The predicted molar refractivity (Wildman–Crippen MR) is 79.2 cm³/mol. The smallest absolute Gasteiger partial charge is 0.239 e. The molecule has 0 saturated carbocycles. The molecular weight excluding hydrogens is 254 g/mol. The molecule has 0 fully saturated rings. The summed E-state index contributed by atoms with van der Waals surface area (Å²) in [6.07, 6.45) is 6.77. The highest BCUT2D eigenvalue weighted by atomic mass is 16.1. The van der Waals surface area contributed by atoms with Gasteiger partial charge in [-0.3, -0.25) is 4.79 Å². The molecule has 1 amide bonds. The maximum absolute atomic E-state index is 11.5. The Hall–Kier alpha value is -1.85. The van der Waals surface area contributed by atoms with Crippen LogP contribution in [0.15, 0.2) is 0 Å². The summed E-state index contributed by atoms with van der Waals surface area (Å²) in [6, 6.07) is -0.393. The van der Waals surface area contributed by atoms with E-state index in [0.717, 1.165) is 49.8 Å². The molecule has 6 heteroatoms. The zero-order valence-corrected chi connectivity index (χ0v) is 12.0. The van der Waals surface area contributed by atoms with E-state index in [2.05, 4.69) is 22.2 Å². The van der Waals surface area contributed by atoms with Gasteiger partial charge in [0, 0.05) is 5.56 Å². The fourth-order valence-electron chi connectivity index (χ4n) is 2.59. The average Bonchev–Trinajstić information content (AvgIpc) is 2.42. The van der Waals surface area contributed by atoms with Crippen molar-refractivity contribution in [2.45, 2.75) is 57.9 Å². The third-order valence-electron chi connectivity index (χ3n) is 3.70. The van der Waals surface area contributed by atoms with Crippen molar-refractivity contribution in [3.8, 4) is 0 Å². The molecule has 1 aliphatic rings. The van der Waals surface area contributed by atoms with E-state index in [1.807, 2.05) is 0 Å². The van der Waals surface area contributed by atoms with Gasteiger partial charge in [0.1, 0.15) is 11.9 Å². The fraction of sp³-hybridized carbons (Fsp3) is 0.643. The van der Waals surface area contributed by atoms with Crippen LogP contribution in [0.1, 0.15) is 50.3 Å². The Morgan fingerprint density at radius 1 is 1.35 bits per heavy atom. The monoisotopic (exact) mass is 277 g/mol. The van der Waals surface area contributed by atoms with Crippen LogP contribution in [0.5, 0.6) is 0 Å². The van der Waals surface area contributed by atoms with Gasteiger partial charge in [-0.05, 0) is 32.1 Å². The Balaban J connectivity index is 2.22. The maximum Gasteiger partial charge on any atom is 0.239 e. The fourth-order valence-corrected chi connectivity index (χ4v) is 2.59. The Morgan fingerprint density at radius 2 is 2.10 bits per heavy atom. The number of amides is 1. The van der Waals surface area contributed by atoms with Crippen LogP contribution in [0.2, 0.25) is 0 Å². The predicted octanol–water partition coefficient (Wildman–Crippen LogP) is 1.39. The van der Waals surface area contributed by atoms with Crippen LogP contribution in [0.4, 0.5) is 11.8 Å². The number of primary amides is 1. The second-order valence-electron chi connectivity index (χ2n) is 5.30. The number of hydrogen-bond acceptors (Lipinski definition) is 5. The minimum absolute atomic E-state index is 0.256. The molecule has 20 heavy (non-hydrogen) atoms. The number of anilines is 2. The van der Waals surface area contributed by atoms with Crippen LogP contribution in [0.25, 0.3) is 0 Å². The van der Waals surface area contributed by atoms with Crippen molar-refractivity contribution < 1.29 is 4.79 Å². The summed E-state index contributed by atoms with van der Waals surface area (Å²) in [4.78, 5) is 20.1. The minimum Gasteiger partial charge on any atom is -0.368 e. The standard InChI is InChI=1S/C14H23N5O/c1-2-3-7-11(12(15)20)17-13-9-6-4-5-8-10(9)18-14(16)19-13/h11H,2-8H2,1H3,(H2,15,20)(H3,16,17,18,19). The second-order valence-corrected chi connectivity index (χ2v) is 5.30. The first-order valence-corrected chi connectivity index (χ1v) is 7.33. The molecule has 110 valence electrons. The zero-order chi connectivity index (χ0) is 14.5. The molecule has 0 radical (unpaired) electrons. The number of aryl methyl sites for hydroxylation is 1. The number of nitrogens with two attached hydrogens (primary N) is 2. The van der Waals surface area contributed by atoms with Gasteiger partial charge < -0.3 is 16.8 Å². The van der Waals surface area contributed by atoms with Gasteiger partial charge >= 0.3 is 0 Å². The molecule has 1 unspecified atom stereocenters. The highest BCUT2D eigenvalue weighted by Gasteiger charge is 2.21. The Bertz CT molecular complexity index is 489. The van der Waals surface area contributed by atoms with Gasteiger partial charge in [-0.15, -0.1) is 0 Å². The largest absolute Gasteiger partial charge is 0.368 e. The summed E-state index contributed by atoms with van der Waals surface area (Å²) < 4.78 is 0. The van der Waals surface area contributed by atoms with E-state index >= 15 is 0 Å². The summed E-state index contributed by atoms with van der Waals surface area (Å²) in [5, 5.41) is 3.18. The number of unbranched alkanes of at least 4 members (excludes halogenated alkanes) is 1. The molecule has 1 aliphatic carbocycles. The van der Waals surface area contributed by atoms with Gasteiger partial charge in [-0.1, -0.05) is 19.8 Å². The molecule has 2 rings (SSSR count). The highest BCUT2D eigenvalue weighted by Crippen LogP contribution is 2.26. The van der Waals surface area contributed by atoms with Gasteiger partial charge in [-0.25, -0.2) is 4.98 Å². The lowest BCUT2D eigenvalue weighted by Gasteiger charge is -2.22. The summed E-state index contributed by atoms with van der Waals surface area (Å²) in [7, 11) is 0. The van der Waals surface area contributed by atoms with E-state index in [1.165, 1.54) is 0 Å². The molecule has 1 aromatic heterocycles. The lowest BCUT2D eigenvalue weighted by atomic mass is 9.96. The van der Waals surface area contributed by atoms with Crippen molar-refractivity contribution in [2.75, 3.05) is 11.1 Å². The number of fused-ring (bicyclic) bond motifs is 1. The molecule has 0 bridgehead atoms. The summed E-state index contributed by atoms with van der Waals surface area (Å²) >= 11 is 0. The molecule has 1 aromatic rings. The van der Waals surface area contributed by atoms with Crippen molar-refractivity contribution in [2.24, 2.45) is 5.73 Å². The summed E-state index contributed by atoms with van der Waals surface area (Å²) in [6.45, 7) is 2.09. The molecule has 0 aliphatic heterocycles. The van der Waals surface area contributed by atoms with E-state index in [1.54, 1.807) is 0 Å². The third-order valence-corrected chi connectivity index (χ3v) is 3.70. The van der Waals surface area contributed by atoms with E-state index in [4.69, 9.17) is 11.5 Å². The van der Waals surface area contributed by atoms with Gasteiger partial charge in [0.05, 0.1) is 5.69 Å². The number of nitrogen functional groups attached to an aromatic ring is 1. The SMILES string of the molecule is CCCCC(Nc1nc(N)nc2c1CCCC2)C(N)=O. The van der Waals surface area contributed by atoms with Crippen LogP contribution >= 0.6 is 0 Å². The first kappa shape index (κ1) is 14.6. The van der Waals surface area contributed by atoms with Crippen molar-refractivity contribution in [1.82, 2.24) is 9.97 Å². The average molecular weight is 277 g/mol. The number of aromatic nitrogens is 2. The van der Waals surface area contributed by atoms with E-state index in [0.29, 0.717) is 12.2 Å². The number of carbonyl (C=O) groups is 1. The first-order chi connectivity index (χ1) is 9.61. The minimum atomic E-state index is -0.393. The lowest BCUT2D eigenvalue weighted by molar-refractivity contribution is -0.118. The molecule has 1 atom stereocenters. The van der Waals surface area contributed by atoms with Crippen LogP contribution in [0.3, 0.4) is 0 Å². The lowest BCUT2D eigenvalue weighted by Crippen LogP contribution is -2.36. The van der Waals surface area contributed by atoms with Crippen LogP contribution in [-0.4, -0.2) is 21.9 Å². The van der Waals surface area contributed by atoms with Gasteiger partial charge in [0.25, 0.3) is 0 Å².